The van der Waals surface area contributed by atoms with Crippen molar-refractivity contribution in [2.75, 3.05) is 0 Å². The van der Waals surface area contributed by atoms with Crippen molar-refractivity contribution in [2.24, 2.45) is 5.73 Å². The average Bonchev–Trinajstić information content (AvgIpc) is 2.75. The molecule has 0 saturated carbocycles. The second kappa shape index (κ2) is 3.08. The summed E-state index contributed by atoms with van der Waals surface area (Å²) in [4.78, 5) is 7.43. The van der Waals surface area contributed by atoms with Crippen molar-refractivity contribution in [2.45, 2.75) is 6.54 Å². The number of aromatic nitrogens is 2. The van der Waals surface area contributed by atoms with Crippen LogP contribution in [0.25, 0.3) is 10.7 Å². The normalized spacial score (nSPS) is 10.4. The molecule has 4 heteroatoms. The Bertz CT molecular complexity index is 350. The van der Waals surface area contributed by atoms with E-state index in [1.54, 1.807) is 11.3 Å². The van der Waals surface area contributed by atoms with Gasteiger partial charge in [-0.1, -0.05) is 0 Å². The van der Waals surface area contributed by atoms with Gasteiger partial charge in [0, 0.05) is 18.1 Å². The topological polar surface area (TPSA) is 54.7 Å². The van der Waals surface area contributed by atoms with E-state index >= 15 is 0 Å². The molecule has 0 atom stereocenters. The lowest BCUT2D eigenvalue weighted by Gasteiger charge is -1.87. The molecule has 62 valence electrons. The van der Waals surface area contributed by atoms with Gasteiger partial charge in [-0.25, -0.2) is 4.98 Å². The van der Waals surface area contributed by atoms with Crippen molar-refractivity contribution in [3.05, 3.63) is 29.4 Å². The van der Waals surface area contributed by atoms with Crippen molar-refractivity contribution in [3.63, 3.8) is 0 Å². The van der Waals surface area contributed by atoms with Gasteiger partial charge < -0.3 is 10.7 Å². The van der Waals surface area contributed by atoms with E-state index in [2.05, 4.69) is 9.97 Å². The molecule has 0 aliphatic heterocycles. The van der Waals surface area contributed by atoms with Gasteiger partial charge in [-0.15, -0.1) is 11.3 Å². The maximum absolute atomic E-state index is 5.45. The van der Waals surface area contributed by atoms with E-state index in [9.17, 15) is 0 Å². The highest BCUT2D eigenvalue weighted by atomic mass is 32.1. The fourth-order valence-electron chi connectivity index (χ4n) is 0.988. The van der Waals surface area contributed by atoms with Crippen LogP contribution in [0.5, 0.6) is 0 Å². The molecule has 0 fully saturated rings. The van der Waals surface area contributed by atoms with Crippen molar-refractivity contribution >= 4 is 11.3 Å². The minimum Gasteiger partial charge on any atom is -0.359 e. The van der Waals surface area contributed by atoms with Crippen LogP contribution in [0.1, 0.15) is 5.69 Å². The van der Waals surface area contributed by atoms with Crippen molar-refractivity contribution in [1.82, 2.24) is 9.97 Å². The van der Waals surface area contributed by atoms with Crippen molar-refractivity contribution in [3.8, 4) is 10.7 Å². The quantitative estimate of drug-likeness (QED) is 0.735. The summed E-state index contributed by atoms with van der Waals surface area (Å²) < 4.78 is 0. The lowest BCUT2D eigenvalue weighted by molar-refractivity contribution is 1.01. The molecule has 2 aromatic heterocycles. The number of nitrogens with one attached hydrogen (secondary N) is 1. The third kappa shape index (κ3) is 1.26. The summed E-state index contributed by atoms with van der Waals surface area (Å²) in [5, 5.41) is 2.98. The van der Waals surface area contributed by atoms with Gasteiger partial charge in [0.25, 0.3) is 0 Å². The lowest BCUT2D eigenvalue weighted by atomic mass is 10.4. The molecule has 0 saturated heterocycles. The summed E-state index contributed by atoms with van der Waals surface area (Å²) in [5.41, 5.74) is 7.45. The number of aromatic amines is 1. The first-order chi connectivity index (χ1) is 5.90. The lowest BCUT2D eigenvalue weighted by Crippen LogP contribution is -1.95. The number of hydrogen-bond acceptors (Lipinski definition) is 3. The number of thiazole rings is 1. The molecule has 0 aliphatic rings. The van der Waals surface area contributed by atoms with Gasteiger partial charge in [-0.3, -0.25) is 0 Å². The largest absolute Gasteiger partial charge is 0.359 e. The van der Waals surface area contributed by atoms with E-state index in [4.69, 9.17) is 5.73 Å². The average molecular weight is 179 g/mol. The van der Waals surface area contributed by atoms with Gasteiger partial charge in [-0.05, 0) is 12.1 Å². The second-order valence-corrected chi connectivity index (χ2v) is 3.29. The molecule has 3 N–H and O–H groups in total. The maximum atomic E-state index is 5.45. The van der Waals surface area contributed by atoms with Gasteiger partial charge >= 0.3 is 0 Å². The molecule has 0 aliphatic carbocycles. The highest BCUT2D eigenvalue weighted by Crippen LogP contribution is 2.21. The van der Waals surface area contributed by atoms with Gasteiger partial charge in [0.1, 0.15) is 5.01 Å². The molecule has 3 nitrogen and oxygen atoms in total. The SMILES string of the molecule is NCc1csc(-c2ccc[nH]2)n1. The molecule has 0 spiro atoms. The Hall–Kier alpha value is -1.13. The summed E-state index contributed by atoms with van der Waals surface area (Å²) in [7, 11) is 0. The third-order valence-electron chi connectivity index (χ3n) is 1.59. The fraction of sp³-hybridized carbons (Fsp3) is 0.125. The molecular weight excluding hydrogens is 170 g/mol. The molecule has 2 heterocycles. The number of nitrogens with zero attached hydrogens (tertiary/aromatic N) is 1. The van der Waals surface area contributed by atoms with Crippen LogP contribution >= 0.6 is 11.3 Å². The monoisotopic (exact) mass is 179 g/mol. The zero-order valence-corrected chi connectivity index (χ0v) is 7.27. The molecule has 2 rings (SSSR count). The van der Waals surface area contributed by atoms with Gasteiger partial charge in [0.2, 0.25) is 0 Å². The maximum Gasteiger partial charge on any atom is 0.139 e. The van der Waals surface area contributed by atoms with E-state index in [0.29, 0.717) is 6.54 Å². The summed E-state index contributed by atoms with van der Waals surface area (Å²) in [6, 6.07) is 3.96. The number of nitrogens with two attached hydrogens (primary N) is 1. The predicted molar refractivity (Wildman–Crippen MR) is 49.8 cm³/mol. The van der Waals surface area contributed by atoms with Crippen LogP contribution in [0.15, 0.2) is 23.7 Å². The number of H-pyrrole nitrogens is 1. The Morgan fingerprint density at radius 3 is 3.08 bits per heavy atom. The van der Waals surface area contributed by atoms with E-state index in [1.807, 2.05) is 23.7 Å². The van der Waals surface area contributed by atoms with Crippen LogP contribution in [0.3, 0.4) is 0 Å². The molecular formula is C8H9N3S. The smallest absolute Gasteiger partial charge is 0.139 e. The van der Waals surface area contributed by atoms with Crippen LogP contribution in [-0.2, 0) is 6.54 Å². The van der Waals surface area contributed by atoms with Crippen LogP contribution < -0.4 is 5.73 Å². The Labute approximate surface area is 74.3 Å². The Kier molecular flexibility index (Phi) is 1.93. The minimum absolute atomic E-state index is 0.511. The highest BCUT2D eigenvalue weighted by Gasteiger charge is 2.02. The predicted octanol–water partition coefficient (Wildman–Crippen LogP) is 1.60. The van der Waals surface area contributed by atoms with Gasteiger partial charge in [0.15, 0.2) is 0 Å². The Morgan fingerprint density at radius 2 is 2.50 bits per heavy atom. The molecule has 0 unspecified atom stereocenters. The number of rotatable bonds is 2. The van der Waals surface area contributed by atoms with E-state index in [-0.39, 0.29) is 0 Å². The first-order valence-corrected chi connectivity index (χ1v) is 4.56. The van der Waals surface area contributed by atoms with E-state index in [0.717, 1.165) is 16.4 Å². The zero-order valence-electron chi connectivity index (χ0n) is 6.45. The third-order valence-corrected chi connectivity index (χ3v) is 2.51. The molecule has 12 heavy (non-hydrogen) atoms. The van der Waals surface area contributed by atoms with Crippen LogP contribution in [0.2, 0.25) is 0 Å². The van der Waals surface area contributed by atoms with Crippen LogP contribution in [-0.4, -0.2) is 9.97 Å². The highest BCUT2D eigenvalue weighted by molar-refractivity contribution is 7.13. The molecule has 0 bridgehead atoms. The summed E-state index contributed by atoms with van der Waals surface area (Å²) in [6.45, 7) is 0.511. The minimum atomic E-state index is 0.511. The fourth-order valence-corrected chi connectivity index (χ4v) is 1.81. The van der Waals surface area contributed by atoms with Gasteiger partial charge in [-0.2, -0.15) is 0 Å². The number of hydrogen-bond donors (Lipinski definition) is 2. The van der Waals surface area contributed by atoms with Crippen LogP contribution in [0, 0.1) is 0 Å². The Balaban J connectivity index is 2.35. The first kappa shape index (κ1) is 7.52. The van der Waals surface area contributed by atoms with Crippen molar-refractivity contribution < 1.29 is 0 Å². The summed E-state index contributed by atoms with van der Waals surface area (Å²) in [6.07, 6.45) is 1.89. The molecule has 2 aromatic rings. The Morgan fingerprint density at radius 1 is 1.58 bits per heavy atom. The zero-order chi connectivity index (χ0) is 8.39. The second-order valence-electron chi connectivity index (χ2n) is 2.43. The van der Waals surface area contributed by atoms with Crippen LogP contribution in [0.4, 0.5) is 0 Å². The van der Waals surface area contributed by atoms with E-state index in [1.165, 1.54) is 0 Å². The first-order valence-electron chi connectivity index (χ1n) is 3.68. The van der Waals surface area contributed by atoms with Gasteiger partial charge in [0.05, 0.1) is 11.4 Å². The molecule has 0 aromatic carbocycles. The standard InChI is InChI=1S/C8H9N3S/c9-4-6-5-12-8(11-6)7-2-1-3-10-7/h1-3,5,10H,4,9H2. The van der Waals surface area contributed by atoms with Crippen molar-refractivity contribution in [1.29, 1.82) is 0 Å². The molecule has 0 radical (unpaired) electrons. The molecule has 0 amide bonds. The van der Waals surface area contributed by atoms with E-state index < -0.39 is 0 Å². The summed E-state index contributed by atoms with van der Waals surface area (Å²) in [5.74, 6) is 0. The summed E-state index contributed by atoms with van der Waals surface area (Å²) >= 11 is 1.61.